The average Bonchev–Trinajstić information content (AvgIpc) is 3.77. The molecule has 15 nitrogen and oxygen atoms in total. The van der Waals surface area contributed by atoms with Gasteiger partial charge in [-0.1, -0.05) is 26.8 Å². The number of tetrazole rings is 1. The molecule has 0 saturated carbocycles. The van der Waals surface area contributed by atoms with E-state index in [-0.39, 0.29) is 28.1 Å². The molecule has 0 unspecified atom stereocenters. The molecule has 0 aromatic carbocycles. The minimum absolute atomic E-state index is 0.149. The van der Waals surface area contributed by atoms with Gasteiger partial charge in [-0.2, -0.15) is 5.21 Å². The van der Waals surface area contributed by atoms with Crippen molar-refractivity contribution in [2.24, 2.45) is 0 Å². The number of carbonyl (C=O) groups is 2. The highest BCUT2D eigenvalue weighted by Gasteiger charge is 2.27. The summed E-state index contributed by atoms with van der Waals surface area (Å²) in [6.07, 6.45) is 8.97. The Bertz CT molecular complexity index is 1980. The molecule has 3 N–H and O–H groups in total. The van der Waals surface area contributed by atoms with Crippen molar-refractivity contribution < 1.29 is 18.9 Å². The van der Waals surface area contributed by atoms with Gasteiger partial charge in [-0.3, -0.25) is 19.3 Å². The van der Waals surface area contributed by atoms with Gasteiger partial charge in [-0.05, 0) is 42.3 Å². The molecule has 1 aliphatic heterocycles. The summed E-state index contributed by atoms with van der Waals surface area (Å²) >= 11 is 1.35. The van der Waals surface area contributed by atoms with Crippen LogP contribution < -0.4 is 25.7 Å². The van der Waals surface area contributed by atoms with Crippen molar-refractivity contribution in [2.75, 3.05) is 29.9 Å². The Labute approximate surface area is 279 Å². The zero-order valence-corrected chi connectivity index (χ0v) is 27.6. The van der Waals surface area contributed by atoms with Crippen LogP contribution in [-0.2, 0) is 16.7 Å². The van der Waals surface area contributed by atoms with Crippen molar-refractivity contribution >= 4 is 52.1 Å². The molecule has 2 amide bonds. The van der Waals surface area contributed by atoms with Gasteiger partial charge in [0.25, 0.3) is 11.5 Å². The van der Waals surface area contributed by atoms with E-state index in [1.165, 1.54) is 21.9 Å². The summed E-state index contributed by atoms with van der Waals surface area (Å²) in [4.78, 5) is 51.1. The highest BCUT2D eigenvalue weighted by Crippen LogP contribution is 2.27. The van der Waals surface area contributed by atoms with Crippen LogP contribution in [0.15, 0.2) is 59.1 Å². The van der Waals surface area contributed by atoms with Crippen LogP contribution in [-0.4, -0.2) is 72.7 Å². The standard InChI is InChI=1S/C32H35N11O4S/c1-32(2,3)24-20-48-30(34-24)36-28(44)21-11-16-43-26(18-21)35-27(23(29(43)45)9-10-25-37-39-40-38-25)42-15-7-8-22(19-42)47-31(46)33-12-17-41-13-5-4-6-14-41/h4-6,9-11,13-14,16,18,20,22H,7-8,12,15,17,19H2,1-3H3,(H2-,33,34,36,37,38,39,40,44,46)/p+1/t22-/m1/s1. The van der Waals surface area contributed by atoms with Gasteiger partial charge in [-0.25, -0.2) is 19.3 Å². The van der Waals surface area contributed by atoms with E-state index in [0.29, 0.717) is 61.4 Å². The highest BCUT2D eigenvalue weighted by atomic mass is 32.1. The number of carbonyl (C=O) groups excluding carboxylic acids is 2. The first kappa shape index (κ1) is 32.4. The zero-order valence-electron chi connectivity index (χ0n) is 26.8. The molecule has 1 fully saturated rings. The summed E-state index contributed by atoms with van der Waals surface area (Å²) in [5.41, 5.74) is 1.28. The van der Waals surface area contributed by atoms with E-state index >= 15 is 0 Å². The van der Waals surface area contributed by atoms with Crippen LogP contribution in [0.4, 0.5) is 15.7 Å². The average molecular weight is 671 g/mol. The van der Waals surface area contributed by atoms with E-state index in [4.69, 9.17) is 9.72 Å². The monoisotopic (exact) mass is 670 g/mol. The van der Waals surface area contributed by atoms with Gasteiger partial charge in [0.2, 0.25) is 0 Å². The van der Waals surface area contributed by atoms with Gasteiger partial charge in [-0.15, -0.1) is 21.5 Å². The van der Waals surface area contributed by atoms with E-state index < -0.39 is 12.2 Å². The quantitative estimate of drug-likeness (QED) is 0.198. The van der Waals surface area contributed by atoms with E-state index in [0.717, 1.165) is 5.69 Å². The number of piperidine rings is 1. The molecule has 5 aromatic rings. The van der Waals surface area contributed by atoms with Crippen molar-refractivity contribution in [3.8, 4) is 0 Å². The third kappa shape index (κ3) is 7.71. The number of ether oxygens (including phenoxy) is 1. The smallest absolute Gasteiger partial charge is 0.407 e. The van der Waals surface area contributed by atoms with Gasteiger partial charge >= 0.3 is 6.09 Å². The highest BCUT2D eigenvalue weighted by molar-refractivity contribution is 7.14. The number of thiazole rings is 1. The van der Waals surface area contributed by atoms with Crippen molar-refractivity contribution in [1.82, 2.24) is 40.3 Å². The number of alkyl carbamates (subject to hydrolysis) is 1. The summed E-state index contributed by atoms with van der Waals surface area (Å²) in [7, 11) is 0. The first-order valence-corrected chi connectivity index (χ1v) is 16.4. The number of hydrogen-bond donors (Lipinski definition) is 3. The van der Waals surface area contributed by atoms with Gasteiger partial charge in [0.1, 0.15) is 17.6 Å². The van der Waals surface area contributed by atoms with E-state index in [1.54, 1.807) is 24.3 Å². The normalized spacial score (nSPS) is 15.1. The number of fused-ring (bicyclic) bond motifs is 1. The molecule has 1 saturated heterocycles. The third-order valence-corrected chi connectivity index (χ3v) is 8.49. The molecule has 248 valence electrons. The summed E-state index contributed by atoms with van der Waals surface area (Å²) in [6, 6.07) is 8.92. The second kappa shape index (κ2) is 14.1. The first-order chi connectivity index (χ1) is 23.1. The van der Waals surface area contributed by atoms with Gasteiger partial charge in [0.15, 0.2) is 29.9 Å². The van der Waals surface area contributed by atoms with E-state index in [2.05, 4.69) is 57.0 Å². The number of H-pyrrole nitrogens is 1. The number of nitrogens with one attached hydrogen (secondary N) is 3. The van der Waals surface area contributed by atoms with Crippen LogP contribution in [0.1, 0.15) is 61.1 Å². The van der Waals surface area contributed by atoms with Crippen LogP contribution in [0.5, 0.6) is 0 Å². The van der Waals surface area contributed by atoms with Crippen LogP contribution in [0.2, 0.25) is 0 Å². The lowest BCUT2D eigenvalue weighted by Crippen LogP contribution is -2.45. The predicted molar refractivity (Wildman–Crippen MR) is 180 cm³/mol. The largest absolute Gasteiger partial charge is 0.444 e. The molecule has 1 aliphatic rings. The van der Waals surface area contributed by atoms with Crippen LogP contribution in [0.25, 0.3) is 17.8 Å². The van der Waals surface area contributed by atoms with Crippen molar-refractivity contribution in [1.29, 1.82) is 0 Å². The Morgan fingerprint density at radius 2 is 2.02 bits per heavy atom. The third-order valence-electron chi connectivity index (χ3n) is 7.73. The molecule has 16 heteroatoms. The molecular formula is C32H36N11O4S+. The SMILES string of the molecule is CC(C)(C)c1csc(NC(=O)c2ccn3c(=O)c(C=Cc4nn[nH]n4)c(N4CCC[C@@H](OC(=O)NCC[n+]5ccccc5)C4)nc3c2)n1. The Morgan fingerprint density at radius 1 is 1.19 bits per heavy atom. The number of aromatic amines is 1. The molecule has 6 heterocycles. The number of amides is 2. The number of hydrogen-bond acceptors (Lipinski definition) is 11. The number of nitrogens with zero attached hydrogens (tertiary/aromatic N) is 8. The Balaban J connectivity index is 1.24. The fourth-order valence-electron chi connectivity index (χ4n) is 5.20. The van der Waals surface area contributed by atoms with Crippen molar-refractivity contribution in [3.63, 3.8) is 0 Å². The maximum Gasteiger partial charge on any atom is 0.407 e. The van der Waals surface area contributed by atoms with Crippen molar-refractivity contribution in [3.05, 3.63) is 87.3 Å². The lowest BCUT2D eigenvalue weighted by Gasteiger charge is -2.33. The summed E-state index contributed by atoms with van der Waals surface area (Å²) in [6.45, 7) is 8.10. The summed E-state index contributed by atoms with van der Waals surface area (Å²) < 4.78 is 9.11. The second-order valence-corrected chi connectivity index (χ2v) is 13.2. The molecule has 6 rings (SSSR count). The predicted octanol–water partition coefficient (Wildman–Crippen LogP) is 3.07. The number of pyridine rings is 2. The van der Waals surface area contributed by atoms with Crippen LogP contribution in [0, 0.1) is 0 Å². The first-order valence-electron chi connectivity index (χ1n) is 15.5. The molecule has 5 aromatic heterocycles. The maximum absolute atomic E-state index is 13.9. The fourth-order valence-corrected chi connectivity index (χ4v) is 6.13. The van der Waals surface area contributed by atoms with Crippen LogP contribution in [0.3, 0.4) is 0 Å². The minimum atomic E-state index is -0.507. The zero-order chi connectivity index (χ0) is 33.7. The van der Waals surface area contributed by atoms with Gasteiger partial charge in [0.05, 0.1) is 24.3 Å². The molecule has 0 spiro atoms. The molecule has 0 bridgehead atoms. The Kier molecular flexibility index (Phi) is 9.52. The van der Waals surface area contributed by atoms with E-state index in [9.17, 15) is 14.4 Å². The Morgan fingerprint density at radius 3 is 2.77 bits per heavy atom. The summed E-state index contributed by atoms with van der Waals surface area (Å²) in [5, 5.41) is 21.9. The molecule has 48 heavy (non-hydrogen) atoms. The lowest BCUT2D eigenvalue weighted by atomic mass is 9.93. The van der Waals surface area contributed by atoms with Crippen molar-refractivity contribution in [2.45, 2.75) is 51.7 Å². The molecule has 0 radical (unpaired) electrons. The summed E-state index contributed by atoms with van der Waals surface area (Å²) in [5.74, 6) is 0.313. The number of anilines is 2. The maximum atomic E-state index is 13.9. The van der Waals surface area contributed by atoms with Crippen LogP contribution >= 0.6 is 11.3 Å². The van der Waals surface area contributed by atoms with E-state index in [1.807, 2.05) is 45.4 Å². The number of rotatable bonds is 9. The van der Waals surface area contributed by atoms with Gasteiger partial charge < -0.3 is 15.0 Å². The molecular weight excluding hydrogens is 634 g/mol. The molecule has 0 aliphatic carbocycles. The lowest BCUT2D eigenvalue weighted by molar-refractivity contribution is -0.694. The molecule has 1 atom stereocenters. The number of aromatic nitrogens is 8. The second-order valence-electron chi connectivity index (χ2n) is 12.3. The van der Waals surface area contributed by atoms with Gasteiger partial charge in [0, 0.05) is 41.2 Å². The minimum Gasteiger partial charge on any atom is -0.444 e. The Hall–Kier alpha value is -5.51. The topological polar surface area (TPSA) is 176 Å². The fraction of sp³-hybridized carbons (Fsp3) is 0.344.